The average Bonchev–Trinajstić information content (AvgIpc) is 2.93. The minimum absolute atomic E-state index is 0.106. The van der Waals surface area contributed by atoms with Crippen LogP contribution in [-0.2, 0) is 4.74 Å². The number of imidazole rings is 1. The molecule has 0 amide bonds. The summed E-state index contributed by atoms with van der Waals surface area (Å²) >= 11 is 0. The number of nitrogen functional groups attached to an aromatic ring is 1. The summed E-state index contributed by atoms with van der Waals surface area (Å²) in [5.74, 6) is 0.201. The maximum absolute atomic E-state index is 11.2. The van der Waals surface area contributed by atoms with E-state index in [1.54, 1.807) is 13.8 Å². The van der Waals surface area contributed by atoms with E-state index < -0.39 is 35.1 Å². The van der Waals surface area contributed by atoms with Crippen LogP contribution in [0, 0.1) is 5.41 Å². The van der Waals surface area contributed by atoms with Crippen molar-refractivity contribution in [2.45, 2.75) is 43.5 Å². The lowest BCUT2D eigenvalue weighted by Crippen LogP contribution is -2.46. The number of aliphatic hydroxyl groups excluding tert-OH is 1. The number of ether oxygens (including phenoxy) is 1. The molecule has 130 valence electrons. The third-order valence-electron chi connectivity index (χ3n) is 5.70. The van der Waals surface area contributed by atoms with Crippen molar-refractivity contribution in [3.05, 3.63) is 12.7 Å². The zero-order chi connectivity index (χ0) is 17.5. The number of hydrogen-bond acceptors (Lipinski definition) is 9. The molecule has 2 aromatic rings. The molecule has 0 aromatic carbocycles. The first-order chi connectivity index (χ1) is 11.2. The standard InChI is InChI=1S/C14H20N6O4/c1-12(2)13(22)8(6(21)3-15)24-11(14(12,13)23)20-5-19-7-9(16)17-4-18-10(7)20/h4-6,8,11,21-23H,3,15H2,1-2H3,(H2,16,17,18)/t6?,8-,11-,13+,14-/m1/s1. The number of anilines is 1. The Kier molecular flexibility index (Phi) is 2.88. The minimum atomic E-state index is -1.64. The highest BCUT2D eigenvalue weighted by molar-refractivity contribution is 5.81. The molecule has 3 heterocycles. The SMILES string of the molecule is CC1(C)[C@]2(O)[C@H](n3cnc4c(N)ncnc43)O[C@H](C(O)CN)[C@]12O. The lowest BCUT2D eigenvalue weighted by molar-refractivity contribution is -0.143. The summed E-state index contributed by atoms with van der Waals surface area (Å²) in [6.07, 6.45) is -0.453. The van der Waals surface area contributed by atoms with Crippen molar-refractivity contribution in [2.24, 2.45) is 11.1 Å². The van der Waals surface area contributed by atoms with Gasteiger partial charge in [-0.15, -0.1) is 0 Å². The van der Waals surface area contributed by atoms with Crippen LogP contribution >= 0.6 is 0 Å². The average molecular weight is 336 g/mol. The quantitative estimate of drug-likeness (QED) is 0.431. The van der Waals surface area contributed by atoms with Gasteiger partial charge < -0.3 is 31.5 Å². The van der Waals surface area contributed by atoms with Gasteiger partial charge in [-0.2, -0.15) is 0 Å². The van der Waals surface area contributed by atoms with E-state index in [0.717, 1.165) is 0 Å². The maximum atomic E-state index is 11.2. The topological polar surface area (TPSA) is 166 Å². The number of hydrogen-bond donors (Lipinski definition) is 5. The molecular weight excluding hydrogens is 316 g/mol. The van der Waals surface area contributed by atoms with Gasteiger partial charge in [0.1, 0.15) is 29.2 Å². The van der Waals surface area contributed by atoms with E-state index in [0.29, 0.717) is 11.2 Å². The van der Waals surface area contributed by atoms with Gasteiger partial charge in [-0.1, -0.05) is 13.8 Å². The first-order valence-electron chi connectivity index (χ1n) is 7.63. The largest absolute Gasteiger partial charge is 0.389 e. The van der Waals surface area contributed by atoms with Crippen LogP contribution in [0.25, 0.3) is 11.2 Å². The molecule has 1 saturated heterocycles. The van der Waals surface area contributed by atoms with Crippen LogP contribution in [0.1, 0.15) is 20.1 Å². The number of fused-ring (bicyclic) bond motifs is 2. The van der Waals surface area contributed by atoms with E-state index in [1.807, 2.05) is 0 Å². The number of nitrogens with zero attached hydrogens (tertiary/aromatic N) is 4. The Morgan fingerprint density at radius 3 is 2.67 bits per heavy atom. The van der Waals surface area contributed by atoms with Gasteiger partial charge in [0.2, 0.25) is 0 Å². The van der Waals surface area contributed by atoms with Gasteiger partial charge in [-0.3, -0.25) is 4.57 Å². The van der Waals surface area contributed by atoms with Crippen LogP contribution < -0.4 is 11.5 Å². The summed E-state index contributed by atoms with van der Waals surface area (Å²) in [5.41, 5.74) is 7.86. The van der Waals surface area contributed by atoms with Crippen LogP contribution in [0.2, 0.25) is 0 Å². The molecule has 2 aliphatic rings. The highest BCUT2D eigenvalue weighted by Crippen LogP contribution is 2.75. The highest BCUT2D eigenvalue weighted by Gasteiger charge is 2.93. The van der Waals surface area contributed by atoms with Crippen LogP contribution in [0.4, 0.5) is 5.82 Å². The van der Waals surface area contributed by atoms with E-state index in [2.05, 4.69) is 15.0 Å². The third-order valence-corrected chi connectivity index (χ3v) is 5.70. The summed E-state index contributed by atoms with van der Waals surface area (Å²) in [6.45, 7) is 3.31. The van der Waals surface area contributed by atoms with Gasteiger partial charge >= 0.3 is 0 Å². The molecule has 0 radical (unpaired) electrons. The predicted octanol–water partition coefficient (Wildman–Crippen LogP) is -1.87. The van der Waals surface area contributed by atoms with Crippen LogP contribution in [0.3, 0.4) is 0 Å². The molecule has 5 atom stereocenters. The molecule has 1 aliphatic heterocycles. The fraction of sp³-hybridized carbons (Fsp3) is 0.643. The lowest BCUT2D eigenvalue weighted by Gasteiger charge is -2.29. The number of aromatic nitrogens is 4. The predicted molar refractivity (Wildman–Crippen MR) is 82.4 cm³/mol. The van der Waals surface area contributed by atoms with Gasteiger partial charge in [0.25, 0.3) is 0 Å². The van der Waals surface area contributed by atoms with E-state index in [-0.39, 0.29) is 12.4 Å². The van der Waals surface area contributed by atoms with Gasteiger partial charge in [0.15, 0.2) is 17.7 Å². The van der Waals surface area contributed by atoms with Crippen molar-refractivity contribution in [2.75, 3.05) is 12.3 Å². The molecule has 1 unspecified atom stereocenters. The second-order valence-corrected chi connectivity index (χ2v) is 6.95. The van der Waals surface area contributed by atoms with Crippen molar-refractivity contribution < 1.29 is 20.1 Å². The normalized spacial score (nSPS) is 38.2. The monoisotopic (exact) mass is 336 g/mol. The van der Waals surface area contributed by atoms with E-state index >= 15 is 0 Å². The fourth-order valence-corrected chi connectivity index (χ4v) is 4.10. The summed E-state index contributed by atoms with van der Waals surface area (Å²) in [5, 5.41) is 32.4. The Balaban J connectivity index is 1.86. The zero-order valence-corrected chi connectivity index (χ0v) is 13.3. The van der Waals surface area contributed by atoms with Crippen LogP contribution in [0.5, 0.6) is 0 Å². The molecule has 1 aliphatic carbocycles. The molecule has 10 nitrogen and oxygen atoms in total. The van der Waals surface area contributed by atoms with Crippen molar-refractivity contribution in [1.29, 1.82) is 0 Å². The Morgan fingerprint density at radius 1 is 1.29 bits per heavy atom. The molecule has 0 bridgehead atoms. The Bertz CT molecular complexity index is 825. The highest BCUT2D eigenvalue weighted by atomic mass is 16.6. The van der Waals surface area contributed by atoms with E-state index in [1.165, 1.54) is 17.2 Å². The zero-order valence-electron chi connectivity index (χ0n) is 13.3. The van der Waals surface area contributed by atoms with E-state index in [4.69, 9.17) is 16.2 Å². The Labute approximate surface area is 137 Å². The van der Waals surface area contributed by atoms with Gasteiger partial charge in [-0.25, -0.2) is 15.0 Å². The molecule has 2 fully saturated rings. The molecule has 4 rings (SSSR count). The molecule has 2 aromatic heterocycles. The van der Waals surface area contributed by atoms with Crippen molar-refractivity contribution >= 4 is 17.0 Å². The smallest absolute Gasteiger partial charge is 0.169 e. The molecule has 24 heavy (non-hydrogen) atoms. The summed E-state index contributed by atoms with van der Waals surface area (Å²) < 4.78 is 7.30. The molecule has 1 saturated carbocycles. The van der Waals surface area contributed by atoms with Crippen LogP contribution in [0.15, 0.2) is 12.7 Å². The van der Waals surface area contributed by atoms with Gasteiger partial charge in [0, 0.05) is 12.0 Å². The van der Waals surface area contributed by atoms with Gasteiger partial charge in [0.05, 0.1) is 12.4 Å². The second kappa shape index (κ2) is 4.41. The fourth-order valence-electron chi connectivity index (χ4n) is 4.10. The molecular formula is C14H20N6O4. The second-order valence-electron chi connectivity index (χ2n) is 6.95. The summed E-state index contributed by atoms with van der Waals surface area (Å²) in [6, 6.07) is 0. The van der Waals surface area contributed by atoms with Crippen molar-refractivity contribution in [3.8, 4) is 0 Å². The molecule has 0 spiro atoms. The number of aliphatic hydroxyl groups is 3. The first-order valence-corrected chi connectivity index (χ1v) is 7.63. The first kappa shape index (κ1) is 15.7. The third kappa shape index (κ3) is 1.42. The van der Waals surface area contributed by atoms with E-state index in [9.17, 15) is 15.3 Å². The summed E-state index contributed by atoms with van der Waals surface area (Å²) in [4.78, 5) is 12.2. The van der Waals surface area contributed by atoms with Gasteiger partial charge in [-0.05, 0) is 0 Å². The van der Waals surface area contributed by atoms with Crippen molar-refractivity contribution in [3.63, 3.8) is 0 Å². The summed E-state index contributed by atoms with van der Waals surface area (Å²) in [7, 11) is 0. The van der Waals surface area contributed by atoms with Crippen molar-refractivity contribution in [1.82, 2.24) is 19.5 Å². The Morgan fingerprint density at radius 2 is 2.00 bits per heavy atom. The Hall–Kier alpha value is -1.85. The van der Waals surface area contributed by atoms with Crippen LogP contribution in [-0.4, -0.2) is 64.8 Å². The lowest BCUT2D eigenvalue weighted by atomic mass is 9.98. The number of rotatable bonds is 3. The number of nitrogens with two attached hydrogens (primary N) is 2. The minimum Gasteiger partial charge on any atom is -0.389 e. The molecule has 7 N–H and O–H groups in total. The molecule has 10 heteroatoms. The maximum Gasteiger partial charge on any atom is 0.169 e.